The summed E-state index contributed by atoms with van der Waals surface area (Å²) in [5.41, 5.74) is 0. The van der Waals surface area contributed by atoms with Crippen molar-refractivity contribution in [3.05, 3.63) is 40.1 Å². The van der Waals surface area contributed by atoms with E-state index >= 15 is 0 Å². The SMILES string of the molecule is CCCC(c1ncc[nH]1)c1ccc(C(=O)CC)s1. The predicted molar refractivity (Wildman–Crippen MR) is 74.3 cm³/mol. The Hall–Kier alpha value is -1.42. The van der Waals surface area contributed by atoms with Crippen LogP contribution in [0.5, 0.6) is 0 Å². The minimum atomic E-state index is 0.223. The van der Waals surface area contributed by atoms with Gasteiger partial charge in [0.05, 0.1) is 10.8 Å². The maximum absolute atomic E-state index is 11.7. The van der Waals surface area contributed by atoms with Gasteiger partial charge in [-0.15, -0.1) is 11.3 Å². The second kappa shape index (κ2) is 5.96. The maximum Gasteiger partial charge on any atom is 0.172 e. The topological polar surface area (TPSA) is 45.8 Å². The number of ketones is 1. The summed E-state index contributed by atoms with van der Waals surface area (Å²) >= 11 is 1.60. The van der Waals surface area contributed by atoms with Crippen molar-refractivity contribution < 1.29 is 4.79 Å². The van der Waals surface area contributed by atoms with Crippen molar-refractivity contribution in [2.24, 2.45) is 0 Å². The number of hydrogen-bond donors (Lipinski definition) is 1. The number of thiophene rings is 1. The highest BCUT2D eigenvalue weighted by Gasteiger charge is 2.19. The molecule has 0 radical (unpaired) electrons. The quantitative estimate of drug-likeness (QED) is 0.800. The van der Waals surface area contributed by atoms with Crippen molar-refractivity contribution in [2.75, 3.05) is 0 Å². The molecule has 0 bridgehead atoms. The number of imidazole rings is 1. The zero-order valence-electron chi connectivity index (χ0n) is 10.8. The first kappa shape index (κ1) is 13.0. The fourth-order valence-electron chi connectivity index (χ4n) is 2.03. The third-order valence-electron chi connectivity index (χ3n) is 2.99. The normalized spacial score (nSPS) is 12.6. The number of Topliss-reactive ketones (excluding diaryl/α,β-unsaturated/α-hetero) is 1. The van der Waals surface area contributed by atoms with Crippen LogP contribution in [0.2, 0.25) is 0 Å². The number of H-pyrrole nitrogens is 1. The Balaban J connectivity index is 2.26. The van der Waals surface area contributed by atoms with Crippen LogP contribution in [0.4, 0.5) is 0 Å². The fourth-order valence-corrected chi connectivity index (χ4v) is 3.19. The van der Waals surface area contributed by atoms with Gasteiger partial charge in [0.1, 0.15) is 5.82 Å². The van der Waals surface area contributed by atoms with Gasteiger partial charge in [-0.3, -0.25) is 4.79 Å². The highest BCUT2D eigenvalue weighted by molar-refractivity contribution is 7.14. The van der Waals surface area contributed by atoms with Crippen molar-refractivity contribution in [1.82, 2.24) is 9.97 Å². The summed E-state index contributed by atoms with van der Waals surface area (Å²) in [6, 6.07) is 4.01. The van der Waals surface area contributed by atoms with Gasteiger partial charge in [0.25, 0.3) is 0 Å². The zero-order chi connectivity index (χ0) is 13.0. The van der Waals surface area contributed by atoms with Crippen LogP contribution in [0, 0.1) is 0 Å². The molecule has 0 aliphatic carbocycles. The fraction of sp³-hybridized carbons (Fsp3) is 0.429. The molecule has 1 atom stereocenters. The largest absolute Gasteiger partial charge is 0.348 e. The van der Waals surface area contributed by atoms with Gasteiger partial charge in [-0.2, -0.15) is 0 Å². The van der Waals surface area contributed by atoms with E-state index in [-0.39, 0.29) is 11.7 Å². The molecule has 1 unspecified atom stereocenters. The molecule has 0 saturated carbocycles. The van der Waals surface area contributed by atoms with E-state index in [1.165, 1.54) is 4.88 Å². The Morgan fingerprint density at radius 1 is 1.44 bits per heavy atom. The van der Waals surface area contributed by atoms with Crippen LogP contribution in [0.3, 0.4) is 0 Å². The number of nitrogens with one attached hydrogen (secondary N) is 1. The first-order valence-electron chi connectivity index (χ1n) is 6.38. The summed E-state index contributed by atoms with van der Waals surface area (Å²) < 4.78 is 0. The molecule has 2 aromatic heterocycles. The molecular formula is C14H18N2OS. The third-order valence-corrected chi connectivity index (χ3v) is 4.23. The second-order valence-electron chi connectivity index (χ2n) is 4.29. The molecule has 96 valence electrons. The molecule has 0 spiro atoms. The average molecular weight is 262 g/mol. The molecule has 1 N–H and O–H groups in total. The van der Waals surface area contributed by atoms with Gasteiger partial charge < -0.3 is 4.98 Å². The van der Waals surface area contributed by atoms with Crippen LogP contribution < -0.4 is 0 Å². The minimum Gasteiger partial charge on any atom is -0.348 e. The van der Waals surface area contributed by atoms with E-state index in [0.29, 0.717) is 6.42 Å². The Morgan fingerprint density at radius 3 is 2.89 bits per heavy atom. The first-order chi connectivity index (χ1) is 8.76. The lowest BCUT2D eigenvalue weighted by atomic mass is 10.0. The number of carbonyl (C=O) groups is 1. The van der Waals surface area contributed by atoms with Crippen LogP contribution >= 0.6 is 11.3 Å². The molecule has 0 aromatic carbocycles. The lowest BCUT2D eigenvalue weighted by molar-refractivity contribution is 0.0992. The van der Waals surface area contributed by atoms with Crippen molar-refractivity contribution in [1.29, 1.82) is 0 Å². The summed E-state index contributed by atoms with van der Waals surface area (Å²) in [7, 11) is 0. The lowest BCUT2D eigenvalue weighted by Gasteiger charge is -2.11. The van der Waals surface area contributed by atoms with E-state index in [1.54, 1.807) is 17.5 Å². The molecule has 2 aromatic rings. The monoisotopic (exact) mass is 262 g/mol. The Morgan fingerprint density at radius 2 is 2.28 bits per heavy atom. The summed E-state index contributed by atoms with van der Waals surface area (Å²) in [5, 5.41) is 0. The van der Waals surface area contributed by atoms with Gasteiger partial charge in [0.15, 0.2) is 5.78 Å². The van der Waals surface area contributed by atoms with Gasteiger partial charge in [0, 0.05) is 23.7 Å². The molecule has 0 fully saturated rings. The minimum absolute atomic E-state index is 0.223. The highest BCUT2D eigenvalue weighted by atomic mass is 32.1. The molecule has 18 heavy (non-hydrogen) atoms. The Bertz CT molecular complexity index is 502. The van der Waals surface area contributed by atoms with Gasteiger partial charge in [-0.05, 0) is 18.6 Å². The van der Waals surface area contributed by atoms with Crippen LogP contribution in [0.15, 0.2) is 24.5 Å². The standard InChI is InChI=1S/C14H18N2OS/c1-3-5-10(14-15-8-9-16-14)12-6-7-13(18-12)11(17)4-2/h6-10H,3-5H2,1-2H3,(H,15,16). The van der Waals surface area contributed by atoms with Crippen LogP contribution in [0.25, 0.3) is 0 Å². The van der Waals surface area contributed by atoms with Crippen LogP contribution in [-0.4, -0.2) is 15.8 Å². The molecule has 0 aliphatic heterocycles. The average Bonchev–Trinajstić information content (AvgIpc) is 3.06. The Labute approximate surface area is 111 Å². The molecular weight excluding hydrogens is 244 g/mol. The lowest BCUT2D eigenvalue weighted by Crippen LogP contribution is -2.00. The summed E-state index contributed by atoms with van der Waals surface area (Å²) in [6.45, 7) is 4.07. The molecule has 3 nitrogen and oxygen atoms in total. The smallest absolute Gasteiger partial charge is 0.172 e. The van der Waals surface area contributed by atoms with Gasteiger partial charge in [-0.25, -0.2) is 4.98 Å². The van der Waals surface area contributed by atoms with Crippen LogP contribution in [-0.2, 0) is 0 Å². The van der Waals surface area contributed by atoms with Gasteiger partial charge in [-0.1, -0.05) is 20.3 Å². The summed E-state index contributed by atoms with van der Waals surface area (Å²) in [4.78, 5) is 21.3. The number of aromatic amines is 1. The summed E-state index contributed by atoms with van der Waals surface area (Å²) in [6.07, 6.45) is 6.35. The first-order valence-corrected chi connectivity index (χ1v) is 7.20. The van der Waals surface area contributed by atoms with Gasteiger partial charge in [0.2, 0.25) is 0 Å². The number of rotatable bonds is 6. The number of nitrogens with zero attached hydrogens (tertiary/aromatic N) is 1. The van der Waals surface area contributed by atoms with E-state index in [4.69, 9.17) is 0 Å². The number of aromatic nitrogens is 2. The summed E-state index contributed by atoms with van der Waals surface area (Å²) in [5.74, 6) is 1.50. The third kappa shape index (κ3) is 2.70. The Kier molecular flexibility index (Phi) is 4.31. The number of hydrogen-bond acceptors (Lipinski definition) is 3. The van der Waals surface area contributed by atoms with E-state index in [1.807, 2.05) is 19.2 Å². The maximum atomic E-state index is 11.7. The van der Waals surface area contributed by atoms with E-state index in [9.17, 15) is 4.79 Å². The number of carbonyl (C=O) groups excluding carboxylic acids is 1. The molecule has 2 heterocycles. The molecule has 0 amide bonds. The van der Waals surface area contributed by atoms with E-state index in [2.05, 4.69) is 23.0 Å². The van der Waals surface area contributed by atoms with Crippen molar-refractivity contribution in [3.8, 4) is 0 Å². The van der Waals surface area contributed by atoms with Gasteiger partial charge >= 0.3 is 0 Å². The molecule has 4 heteroatoms. The molecule has 0 saturated heterocycles. The second-order valence-corrected chi connectivity index (χ2v) is 5.41. The molecule has 2 rings (SSSR count). The van der Waals surface area contributed by atoms with E-state index < -0.39 is 0 Å². The van der Waals surface area contributed by atoms with Crippen LogP contribution in [0.1, 0.15) is 59.4 Å². The van der Waals surface area contributed by atoms with Crippen molar-refractivity contribution in [2.45, 2.75) is 39.0 Å². The highest BCUT2D eigenvalue weighted by Crippen LogP contribution is 2.32. The van der Waals surface area contributed by atoms with Crippen molar-refractivity contribution in [3.63, 3.8) is 0 Å². The molecule has 0 aliphatic rings. The predicted octanol–water partition coefficient (Wildman–Crippen LogP) is 4.00. The van der Waals surface area contributed by atoms with E-state index in [0.717, 1.165) is 23.5 Å². The van der Waals surface area contributed by atoms with Crippen molar-refractivity contribution >= 4 is 17.1 Å². The zero-order valence-corrected chi connectivity index (χ0v) is 11.6.